The lowest BCUT2D eigenvalue weighted by Crippen LogP contribution is -2.34. The van der Waals surface area contributed by atoms with Crippen LogP contribution in [0.5, 0.6) is 0 Å². The molecule has 128 valence electrons. The van der Waals surface area contributed by atoms with Crippen LogP contribution in [0.25, 0.3) is 16.8 Å². The fourth-order valence-corrected chi connectivity index (χ4v) is 3.79. The first-order valence-electron chi connectivity index (χ1n) is 7.99. The van der Waals surface area contributed by atoms with Crippen LogP contribution in [0, 0.1) is 0 Å². The summed E-state index contributed by atoms with van der Waals surface area (Å²) in [7, 11) is 0. The van der Waals surface area contributed by atoms with Crippen molar-refractivity contribution in [1.29, 1.82) is 0 Å². The molecule has 2 aromatic rings. The van der Waals surface area contributed by atoms with Crippen LogP contribution < -0.4 is 0 Å². The third-order valence-electron chi connectivity index (χ3n) is 3.74. The molecule has 1 aliphatic heterocycles. The van der Waals surface area contributed by atoms with Crippen molar-refractivity contribution in [2.75, 3.05) is 13.2 Å². The van der Waals surface area contributed by atoms with Crippen molar-refractivity contribution in [3.05, 3.63) is 52.9 Å². The van der Waals surface area contributed by atoms with Crippen molar-refractivity contribution in [1.82, 2.24) is 4.90 Å². The number of rotatable bonds is 5. The Morgan fingerprint density at radius 3 is 2.80 bits per heavy atom. The Morgan fingerprint density at radius 2 is 2.00 bits per heavy atom. The summed E-state index contributed by atoms with van der Waals surface area (Å²) in [6.45, 7) is 2.12. The fraction of sp³-hybridized carbons (Fsp3) is 0.211. The lowest BCUT2D eigenvalue weighted by molar-refractivity contribution is -0.146. The highest BCUT2D eigenvalue weighted by Crippen LogP contribution is 2.33. The van der Waals surface area contributed by atoms with Crippen LogP contribution in [-0.4, -0.2) is 34.2 Å². The van der Waals surface area contributed by atoms with Gasteiger partial charge in [0, 0.05) is 0 Å². The van der Waals surface area contributed by atoms with Crippen molar-refractivity contribution in [2.24, 2.45) is 0 Å². The SMILES string of the molecule is CCCOC(=O)CN1C(=O)/C(=C/c2cccc3ccccc23)SC1=S. The second-order valence-electron chi connectivity index (χ2n) is 5.56. The minimum atomic E-state index is -0.440. The van der Waals surface area contributed by atoms with E-state index in [2.05, 4.69) is 0 Å². The van der Waals surface area contributed by atoms with Gasteiger partial charge in [-0.25, -0.2) is 0 Å². The maximum absolute atomic E-state index is 12.6. The number of benzene rings is 2. The molecule has 6 heteroatoms. The topological polar surface area (TPSA) is 46.6 Å². The highest BCUT2D eigenvalue weighted by atomic mass is 32.2. The van der Waals surface area contributed by atoms with E-state index in [0.717, 1.165) is 22.8 Å². The minimum absolute atomic E-state index is 0.141. The Balaban J connectivity index is 1.84. The standard InChI is InChI=1S/C19H17NO3S2/c1-2-10-23-17(21)12-20-18(22)16(25-19(20)24)11-14-8-5-7-13-6-3-4-9-15(13)14/h3-9,11H,2,10,12H2,1H3/b16-11-. The van der Waals surface area contributed by atoms with E-state index in [1.165, 1.54) is 16.7 Å². The first-order valence-corrected chi connectivity index (χ1v) is 9.21. The molecule has 1 heterocycles. The summed E-state index contributed by atoms with van der Waals surface area (Å²) in [6.07, 6.45) is 2.57. The zero-order valence-corrected chi connectivity index (χ0v) is 15.4. The summed E-state index contributed by atoms with van der Waals surface area (Å²) in [5.41, 5.74) is 0.951. The molecular formula is C19H17NO3S2. The zero-order chi connectivity index (χ0) is 17.8. The summed E-state index contributed by atoms with van der Waals surface area (Å²) >= 11 is 6.47. The number of carbonyl (C=O) groups is 2. The smallest absolute Gasteiger partial charge is 0.326 e. The van der Waals surface area contributed by atoms with E-state index >= 15 is 0 Å². The monoisotopic (exact) mass is 371 g/mol. The Hall–Kier alpha value is -2.18. The molecule has 0 spiro atoms. The highest BCUT2D eigenvalue weighted by Gasteiger charge is 2.33. The van der Waals surface area contributed by atoms with E-state index in [1.807, 2.05) is 55.5 Å². The van der Waals surface area contributed by atoms with Crippen molar-refractivity contribution in [2.45, 2.75) is 13.3 Å². The van der Waals surface area contributed by atoms with Crippen LogP contribution in [0.3, 0.4) is 0 Å². The van der Waals surface area contributed by atoms with E-state index in [0.29, 0.717) is 15.8 Å². The van der Waals surface area contributed by atoms with Crippen LogP contribution in [-0.2, 0) is 14.3 Å². The molecule has 1 amide bonds. The molecule has 0 atom stereocenters. The lowest BCUT2D eigenvalue weighted by atomic mass is 10.0. The van der Waals surface area contributed by atoms with Crippen molar-refractivity contribution in [3.63, 3.8) is 0 Å². The second kappa shape index (κ2) is 7.80. The molecule has 1 fully saturated rings. The van der Waals surface area contributed by atoms with Crippen molar-refractivity contribution < 1.29 is 14.3 Å². The van der Waals surface area contributed by atoms with Gasteiger partial charge in [-0.2, -0.15) is 0 Å². The maximum atomic E-state index is 12.6. The number of hydrogen-bond donors (Lipinski definition) is 0. The van der Waals surface area contributed by atoms with Gasteiger partial charge in [-0.05, 0) is 28.8 Å². The van der Waals surface area contributed by atoms with Gasteiger partial charge < -0.3 is 4.74 Å². The fourth-order valence-electron chi connectivity index (χ4n) is 2.54. The van der Waals surface area contributed by atoms with Gasteiger partial charge >= 0.3 is 5.97 Å². The number of esters is 1. The van der Waals surface area contributed by atoms with Crippen LogP contribution in [0.15, 0.2) is 47.4 Å². The number of ether oxygens (including phenoxy) is 1. The van der Waals surface area contributed by atoms with Gasteiger partial charge in [0.1, 0.15) is 10.9 Å². The molecule has 0 N–H and O–H groups in total. The molecule has 0 aliphatic carbocycles. The summed E-state index contributed by atoms with van der Waals surface area (Å²) in [4.78, 5) is 26.2. The number of hydrogen-bond acceptors (Lipinski definition) is 5. The molecule has 0 radical (unpaired) electrons. The van der Waals surface area contributed by atoms with Gasteiger partial charge in [0.25, 0.3) is 5.91 Å². The number of nitrogens with zero attached hydrogens (tertiary/aromatic N) is 1. The largest absolute Gasteiger partial charge is 0.464 e. The summed E-state index contributed by atoms with van der Waals surface area (Å²) in [5.74, 6) is -0.694. The number of thiocarbonyl (C=S) groups is 1. The first kappa shape index (κ1) is 17.6. The van der Waals surface area contributed by atoms with Gasteiger partial charge in [-0.15, -0.1) is 0 Å². The molecular weight excluding hydrogens is 354 g/mol. The first-order chi connectivity index (χ1) is 12.1. The Bertz CT molecular complexity index is 871. The van der Waals surface area contributed by atoms with E-state index in [4.69, 9.17) is 17.0 Å². The average molecular weight is 371 g/mol. The van der Waals surface area contributed by atoms with Crippen LogP contribution >= 0.6 is 24.0 Å². The van der Waals surface area contributed by atoms with Crippen molar-refractivity contribution >= 4 is 57.0 Å². The molecule has 1 aliphatic rings. The Kier molecular flexibility index (Phi) is 5.50. The van der Waals surface area contributed by atoms with Crippen LogP contribution in [0.4, 0.5) is 0 Å². The molecule has 1 saturated heterocycles. The van der Waals surface area contributed by atoms with E-state index < -0.39 is 5.97 Å². The summed E-state index contributed by atoms with van der Waals surface area (Å²) < 4.78 is 5.42. The zero-order valence-electron chi connectivity index (χ0n) is 13.7. The molecule has 0 bridgehead atoms. The maximum Gasteiger partial charge on any atom is 0.326 e. The Labute approximate surface area is 155 Å². The average Bonchev–Trinajstić information content (AvgIpc) is 2.88. The molecule has 3 rings (SSSR count). The normalized spacial score (nSPS) is 16.0. The molecule has 2 aromatic carbocycles. The van der Waals surface area contributed by atoms with Gasteiger partial charge in [-0.1, -0.05) is 73.4 Å². The predicted molar refractivity (Wildman–Crippen MR) is 105 cm³/mol. The number of amides is 1. The molecule has 0 saturated carbocycles. The van der Waals surface area contributed by atoms with E-state index in [-0.39, 0.29) is 12.5 Å². The van der Waals surface area contributed by atoms with E-state index in [1.54, 1.807) is 0 Å². The predicted octanol–water partition coefficient (Wildman–Crippen LogP) is 3.99. The van der Waals surface area contributed by atoms with Gasteiger partial charge in [0.2, 0.25) is 0 Å². The Morgan fingerprint density at radius 1 is 1.24 bits per heavy atom. The van der Waals surface area contributed by atoms with Crippen LogP contribution in [0.2, 0.25) is 0 Å². The quantitative estimate of drug-likeness (QED) is 0.452. The molecule has 0 unspecified atom stereocenters. The number of carbonyl (C=O) groups excluding carboxylic acids is 2. The molecule has 25 heavy (non-hydrogen) atoms. The van der Waals surface area contributed by atoms with E-state index in [9.17, 15) is 9.59 Å². The summed E-state index contributed by atoms with van der Waals surface area (Å²) in [6, 6.07) is 13.9. The second-order valence-corrected chi connectivity index (χ2v) is 7.23. The summed E-state index contributed by atoms with van der Waals surface area (Å²) in [5, 5.41) is 2.17. The van der Waals surface area contributed by atoms with Gasteiger partial charge in [-0.3, -0.25) is 14.5 Å². The number of thioether (sulfide) groups is 1. The lowest BCUT2D eigenvalue weighted by Gasteiger charge is -2.13. The number of fused-ring (bicyclic) bond motifs is 1. The van der Waals surface area contributed by atoms with Crippen molar-refractivity contribution in [3.8, 4) is 0 Å². The molecule has 4 nitrogen and oxygen atoms in total. The molecule has 0 aromatic heterocycles. The third kappa shape index (κ3) is 3.91. The third-order valence-corrected chi connectivity index (χ3v) is 5.12. The minimum Gasteiger partial charge on any atom is -0.464 e. The van der Waals surface area contributed by atoms with Gasteiger partial charge in [0.15, 0.2) is 0 Å². The van der Waals surface area contributed by atoms with Crippen LogP contribution in [0.1, 0.15) is 18.9 Å². The van der Waals surface area contributed by atoms with Gasteiger partial charge in [0.05, 0.1) is 11.5 Å². The highest BCUT2D eigenvalue weighted by molar-refractivity contribution is 8.26.